The fourth-order valence-corrected chi connectivity index (χ4v) is 4.52. The Balaban J connectivity index is 1.42. The third-order valence-corrected chi connectivity index (χ3v) is 6.13. The number of piperidine rings is 1. The number of benzene rings is 1. The molecule has 1 spiro atoms. The second-order valence-electron chi connectivity index (χ2n) is 7.60. The standard InChI is InChI=1S/C21H22ClN5O2/c22-18-12-23-11-17(15-3-1-14(2-4-15)16-9-25-26-10-16)19(18)27-7-5-21(6-8-27)13-24-20(28)29-21/h1-4,9-12,20,24,28H,5-8,13H2,(H,25,26). The Morgan fingerprint density at radius 1 is 1.07 bits per heavy atom. The lowest BCUT2D eigenvalue weighted by atomic mass is 9.91. The van der Waals surface area contributed by atoms with Gasteiger partial charge in [-0.25, -0.2) is 0 Å². The number of nitrogens with zero attached hydrogens (tertiary/aromatic N) is 3. The van der Waals surface area contributed by atoms with Crippen LogP contribution in [0.25, 0.3) is 22.3 Å². The predicted octanol–water partition coefficient (Wildman–Crippen LogP) is 3.03. The van der Waals surface area contributed by atoms with Gasteiger partial charge in [0.1, 0.15) is 0 Å². The Morgan fingerprint density at radius 3 is 2.48 bits per heavy atom. The van der Waals surface area contributed by atoms with Crippen molar-refractivity contribution in [3.63, 3.8) is 0 Å². The number of pyridine rings is 1. The average molecular weight is 412 g/mol. The molecule has 0 amide bonds. The molecule has 2 aromatic heterocycles. The van der Waals surface area contributed by atoms with E-state index in [0.29, 0.717) is 11.6 Å². The summed E-state index contributed by atoms with van der Waals surface area (Å²) in [5.74, 6) is 0. The minimum Gasteiger partial charge on any atom is -0.370 e. The molecule has 0 saturated carbocycles. The van der Waals surface area contributed by atoms with E-state index in [1.165, 1.54) is 0 Å². The first kappa shape index (κ1) is 18.6. The number of nitrogens with one attached hydrogen (secondary N) is 2. The van der Waals surface area contributed by atoms with Crippen LogP contribution in [0, 0.1) is 0 Å². The van der Waals surface area contributed by atoms with Crippen LogP contribution >= 0.6 is 11.6 Å². The zero-order valence-corrected chi connectivity index (χ0v) is 16.6. The lowest BCUT2D eigenvalue weighted by Gasteiger charge is -2.40. The van der Waals surface area contributed by atoms with E-state index in [2.05, 4.69) is 49.7 Å². The minimum atomic E-state index is -0.865. The lowest BCUT2D eigenvalue weighted by molar-refractivity contribution is -0.148. The fourth-order valence-electron chi connectivity index (χ4n) is 4.24. The third kappa shape index (κ3) is 3.51. The van der Waals surface area contributed by atoms with Crippen LogP contribution in [0.15, 0.2) is 49.1 Å². The van der Waals surface area contributed by atoms with Crippen LogP contribution in [-0.4, -0.2) is 51.9 Å². The van der Waals surface area contributed by atoms with Gasteiger partial charge >= 0.3 is 0 Å². The molecule has 1 atom stereocenters. The molecule has 1 aromatic carbocycles. The van der Waals surface area contributed by atoms with Gasteiger partial charge in [0.15, 0.2) is 0 Å². The second-order valence-corrected chi connectivity index (χ2v) is 8.01. The van der Waals surface area contributed by atoms with Crippen LogP contribution in [0.3, 0.4) is 0 Å². The highest BCUT2D eigenvalue weighted by Gasteiger charge is 2.42. The molecule has 1 unspecified atom stereocenters. The van der Waals surface area contributed by atoms with Gasteiger partial charge in [-0.2, -0.15) is 5.10 Å². The number of rotatable bonds is 3. The molecule has 0 radical (unpaired) electrons. The van der Waals surface area contributed by atoms with E-state index in [0.717, 1.165) is 53.9 Å². The number of hydrogen-bond donors (Lipinski definition) is 3. The number of aliphatic hydroxyl groups excluding tert-OH is 1. The van der Waals surface area contributed by atoms with Crippen molar-refractivity contribution >= 4 is 17.3 Å². The number of halogens is 1. The summed E-state index contributed by atoms with van der Waals surface area (Å²) in [7, 11) is 0. The van der Waals surface area contributed by atoms with E-state index in [9.17, 15) is 5.11 Å². The van der Waals surface area contributed by atoms with Gasteiger partial charge in [0.2, 0.25) is 6.41 Å². The first-order chi connectivity index (χ1) is 14.1. The number of anilines is 1. The van der Waals surface area contributed by atoms with Crippen molar-refractivity contribution in [3.8, 4) is 22.3 Å². The molecule has 3 aromatic rings. The van der Waals surface area contributed by atoms with Crippen molar-refractivity contribution in [2.75, 3.05) is 24.5 Å². The summed E-state index contributed by atoms with van der Waals surface area (Å²) < 4.78 is 5.73. The van der Waals surface area contributed by atoms with Crippen LogP contribution in [-0.2, 0) is 4.74 Å². The largest absolute Gasteiger partial charge is 0.370 e. The summed E-state index contributed by atoms with van der Waals surface area (Å²) in [6, 6.07) is 8.33. The summed E-state index contributed by atoms with van der Waals surface area (Å²) in [4.78, 5) is 6.62. The molecule has 29 heavy (non-hydrogen) atoms. The lowest BCUT2D eigenvalue weighted by Crippen LogP contribution is -2.47. The Morgan fingerprint density at radius 2 is 1.83 bits per heavy atom. The van der Waals surface area contributed by atoms with E-state index in [-0.39, 0.29) is 5.60 Å². The molecule has 7 nitrogen and oxygen atoms in total. The van der Waals surface area contributed by atoms with E-state index in [4.69, 9.17) is 16.3 Å². The molecule has 4 heterocycles. The summed E-state index contributed by atoms with van der Waals surface area (Å²) in [6.07, 6.45) is 8.04. The molecule has 2 fully saturated rings. The van der Waals surface area contributed by atoms with Gasteiger partial charge in [0.25, 0.3) is 0 Å². The maximum absolute atomic E-state index is 9.68. The Hall–Kier alpha value is -2.45. The molecule has 2 saturated heterocycles. The Labute approximate surface area is 173 Å². The first-order valence-electron chi connectivity index (χ1n) is 9.71. The van der Waals surface area contributed by atoms with Crippen molar-refractivity contribution < 1.29 is 9.84 Å². The Kier molecular flexibility index (Phi) is 4.75. The van der Waals surface area contributed by atoms with E-state index in [1.54, 1.807) is 6.20 Å². The van der Waals surface area contributed by atoms with Crippen molar-refractivity contribution in [1.82, 2.24) is 20.5 Å². The van der Waals surface area contributed by atoms with Crippen molar-refractivity contribution in [1.29, 1.82) is 0 Å². The molecule has 0 bridgehead atoms. The molecule has 2 aliphatic heterocycles. The first-order valence-corrected chi connectivity index (χ1v) is 10.1. The maximum atomic E-state index is 9.68. The molecular formula is C21H22ClN5O2. The number of H-pyrrole nitrogens is 1. The minimum absolute atomic E-state index is 0.290. The van der Waals surface area contributed by atoms with Crippen LogP contribution in [0.5, 0.6) is 0 Å². The van der Waals surface area contributed by atoms with Gasteiger partial charge in [0.05, 0.1) is 22.5 Å². The van der Waals surface area contributed by atoms with Crippen molar-refractivity contribution in [2.24, 2.45) is 0 Å². The highest BCUT2D eigenvalue weighted by molar-refractivity contribution is 6.33. The van der Waals surface area contributed by atoms with Crippen LogP contribution in [0.1, 0.15) is 12.8 Å². The monoisotopic (exact) mass is 411 g/mol. The number of hydrogen-bond acceptors (Lipinski definition) is 6. The average Bonchev–Trinajstić information content (AvgIpc) is 3.40. The molecule has 150 valence electrons. The smallest absolute Gasteiger partial charge is 0.214 e. The van der Waals surface area contributed by atoms with E-state index >= 15 is 0 Å². The molecule has 5 rings (SSSR count). The summed E-state index contributed by atoms with van der Waals surface area (Å²) in [5.41, 5.74) is 4.94. The van der Waals surface area contributed by atoms with Gasteiger partial charge < -0.3 is 14.7 Å². The van der Waals surface area contributed by atoms with Gasteiger partial charge in [-0.15, -0.1) is 0 Å². The molecule has 8 heteroatoms. The molecular weight excluding hydrogens is 390 g/mol. The van der Waals surface area contributed by atoms with Crippen molar-refractivity contribution in [3.05, 3.63) is 54.1 Å². The number of aromatic amines is 1. The fraction of sp³-hybridized carbons (Fsp3) is 0.333. The van der Waals surface area contributed by atoms with Crippen molar-refractivity contribution in [2.45, 2.75) is 24.9 Å². The number of aliphatic hydroxyl groups is 1. The summed E-state index contributed by atoms with van der Waals surface area (Å²) in [5, 5.41) is 20.1. The highest BCUT2D eigenvalue weighted by atomic mass is 35.5. The van der Waals surface area contributed by atoms with E-state index < -0.39 is 6.41 Å². The maximum Gasteiger partial charge on any atom is 0.214 e. The number of ether oxygens (including phenoxy) is 1. The Bertz CT molecular complexity index is 985. The topological polar surface area (TPSA) is 86.3 Å². The second kappa shape index (κ2) is 7.42. The van der Waals surface area contributed by atoms with Gasteiger partial charge in [-0.3, -0.25) is 15.4 Å². The van der Waals surface area contributed by atoms with Crippen LogP contribution in [0.2, 0.25) is 5.02 Å². The van der Waals surface area contributed by atoms with Gasteiger partial charge in [-0.1, -0.05) is 35.9 Å². The number of aromatic nitrogens is 3. The quantitative estimate of drug-likeness (QED) is 0.614. The highest BCUT2D eigenvalue weighted by Crippen LogP contribution is 2.40. The normalized spacial score (nSPS) is 21.0. The van der Waals surface area contributed by atoms with Gasteiger partial charge in [0, 0.05) is 49.4 Å². The molecule has 3 N–H and O–H groups in total. The summed E-state index contributed by atoms with van der Waals surface area (Å²) in [6.45, 7) is 2.28. The zero-order valence-electron chi connectivity index (χ0n) is 15.8. The SMILES string of the molecule is OC1NCC2(CCN(c3c(Cl)cncc3-c3ccc(-c4cn[nH]c4)cc3)CC2)O1. The van der Waals surface area contributed by atoms with Gasteiger partial charge in [-0.05, 0) is 24.0 Å². The summed E-state index contributed by atoms with van der Waals surface area (Å²) >= 11 is 6.60. The van der Waals surface area contributed by atoms with Crippen LogP contribution in [0.4, 0.5) is 5.69 Å². The third-order valence-electron chi connectivity index (χ3n) is 5.85. The van der Waals surface area contributed by atoms with Crippen LogP contribution < -0.4 is 10.2 Å². The zero-order chi connectivity index (χ0) is 19.8. The van der Waals surface area contributed by atoms with E-state index in [1.807, 2.05) is 18.6 Å². The molecule has 0 aliphatic carbocycles. The molecule has 2 aliphatic rings. The predicted molar refractivity (Wildman–Crippen MR) is 112 cm³/mol.